The van der Waals surface area contributed by atoms with Crippen LogP contribution in [0.15, 0.2) is 0 Å². The Labute approximate surface area is 95.0 Å². The number of hydrogen-bond donors (Lipinski definition) is 1. The van der Waals surface area contributed by atoms with Gasteiger partial charge in [-0.1, -0.05) is 6.42 Å². The molecule has 0 spiro atoms. The summed E-state index contributed by atoms with van der Waals surface area (Å²) in [6.07, 6.45) is 1.13. The van der Waals surface area contributed by atoms with E-state index in [4.69, 9.17) is 5.73 Å². The van der Waals surface area contributed by atoms with E-state index in [9.17, 15) is 13.6 Å². The summed E-state index contributed by atoms with van der Waals surface area (Å²) in [5.74, 6) is 0.118. The van der Waals surface area contributed by atoms with Gasteiger partial charge in [0.1, 0.15) is 0 Å². The fraction of sp³-hybridized carbons (Fsp3) is 0.909. The number of nitrogens with zero attached hydrogens (tertiary/aromatic N) is 1. The molecule has 1 rings (SSSR count). The molecule has 2 atom stereocenters. The van der Waals surface area contributed by atoms with Gasteiger partial charge in [-0.05, 0) is 31.7 Å². The van der Waals surface area contributed by atoms with Crippen LogP contribution in [-0.2, 0) is 4.79 Å². The Morgan fingerprint density at radius 3 is 2.75 bits per heavy atom. The van der Waals surface area contributed by atoms with Crippen LogP contribution in [0.4, 0.5) is 8.78 Å². The Balaban J connectivity index is 2.46. The normalized spacial score (nSPS) is 25.8. The minimum absolute atomic E-state index is 0.106. The molecule has 1 fully saturated rings. The Bertz CT molecular complexity index is 236. The average Bonchev–Trinajstić information content (AvgIpc) is 2.27. The van der Waals surface area contributed by atoms with E-state index < -0.39 is 13.0 Å². The van der Waals surface area contributed by atoms with Crippen LogP contribution >= 0.6 is 0 Å². The molecule has 0 aromatic heterocycles. The lowest BCUT2D eigenvalue weighted by Gasteiger charge is -2.30. The fourth-order valence-corrected chi connectivity index (χ4v) is 2.34. The predicted molar refractivity (Wildman–Crippen MR) is 58.1 cm³/mol. The smallest absolute Gasteiger partial charge is 0.255 e. The van der Waals surface area contributed by atoms with Crippen LogP contribution in [0, 0.1) is 11.8 Å². The summed E-state index contributed by atoms with van der Waals surface area (Å²) in [5, 5.41) is 0. The van der Waals surface area contributed by atoms with E-state index >= 15 is 0 Å². The van der Waals surface area contributed by atoms with Crippen LogP contribution in [0.2, 0.25) is 0 Å². The molecule has 1 amide bonds. The van der Waals surface area contributed by atoms with E-state index in [0.717, 1.165) is 30.6 Å². The van der Waals surface area contributed by atoms with Gasteiger partial charge in [0.15, 0.2) is 0 Å². The number of hydrogen-bond acceptors (Lipinski definition) is 2. The summed E-state index contributed by atoms with van der Waals surface area (Å²) in [6, 6.07) is 0. The second-order valence-electron chi connectivity index (χ2n) is 4.58. The van der Waals surface area contributed by atoms with Gasteiger partial charge in [0.25, 0.3) is 6.43 Å². The van der Waals surface area contributed by atoms with E-state index in [2.05, 4.69) is 0 Å². The molecule has 16 heavy (non-hydrogen) atoms. The van der Waals surface area contributed by atoms with Crippen molar-refractivity contribution in [2.24, 2.45) is 17.6 Å². The van der Waals surface area contributed by atoms with Crippen molar-refractivity contribution in [2.75, 3.05) is 20.1 Å². The molecule has 0 bridgehead atoms. The maximum absolute atomic E-state index is 12.1. The van der Waals surface area contributed by atoms with E-state index in [1.54, 1.807) is 0 Å². The van der Waals surface area contributed by atoms with Gasteiger partial charge < -0.3 is 10.6 Å². The van der Waals surface area contributed by atoms with Crippen molar-refractivity contribution in [3.8, 4) is 0 Å². The number of halogens is 2. The molecule has 0 heterocycles. The molecule has 2 N–H and O–H groups in total. The van der Waals surface area contributed by atoms with Gasteiger partial charge in [-0.25, -0.2) is 8.78 Å². The number of carbonyl (C=O) groups is 1. The maximum atomic E-state index is 12.1. The molecule has 1 aliphatic rings. The third-order valence-electron chi connectivity index (χ3n) is 3.25. The Kier molecular flexibility index (Phi) is 5.12. The van der Waals surface area contributed by atoms with E-state index in [1.165, 1.54) is 7.05 Å². The molecule has 0 aliphatic heterocycles. The minimum atomic E-state index is -2.46. The number of alkyl halides is 2. The molecule has 0 aromatic carbocycles. The highest BCUT2D eigenvalue weighted by atomic mass is 19.3. The quantitative estimate of drug-likeness (QED) is 0.800. The van der Waals surface area contributed by atoms with Crippen molar-refractivity contribution in [3.63, 3.8) is 0 Å². The summed E-state index contributed by atoms with van der Waals surface area (Å²) in [7, 11) is 1.44. The first-order chi connectivity index (χ1) is 7.54. The molecular formula is C11H20F2N2O. The standard InChI is InChI=1S/C11H20F2N2O/c1-15(7-10(12)13)11(16)9-4-2-3-8(5-9)6-14/h8-10H,2-7,14H2,1H3. The van der Waals surface area contributed by atoms with E-state index in [-0.39, 0.29) is 11.8 Å². The molecule has 1 aliphatic carbocycles. The lowest BCUT2D eigenvalue weighted by Crippen LogP contribution is -2.38. The summed E-state index contributed by atoms with van der Waals surface area (Å²) < 4.78 is 24.3. The minimum Gasteiger partial charge on any atom is -0.340 e. The average molecular weight is 234 g/mol. The van der Waals surface area contributed by atoms with Gasteiger partial charge in [0.2, 0.25) is 5.91 Å². The summed E-state index contributed by atoms with van der Waals surface area (Å²) >= 11 is 0. The predicted octanol–water partition coefficient (Wildman–Crippen LogP) is 1.47. The number of carbonyl (C=O) groups excluding carboxylic acids is 1. The third-order valence-corrected chi connectivity index (χ3v) is 3.25. The first-order valence-corrected chi connectivity index (χ1v) is 5.77. The Morgan fingerprint density at radius 1 is 1.50 bits per heavy atom. The molecule has 0 aromatic rings. The van der Waals surface area contributed by atoms with Gasteiger partial charge in [-0.2, -0.15) is 0 Å². The lowest BCUT2D eigenvalue weighted by molar-refractivity contribution is -0.137. The highest BCUT2D eigenvalue weighted by Crippen LogP contribution is 2.29. The molecule has 0 saturated heterocycles. The topological polar surface area (TPSA) is 46.3 Å². The van der Waals surface area contributed by atoms with Crippen molar-refractivity contribution in [2.45, 2.75) is 32.1 Å². The highest BCUT2D eigenvalue weighted by molar-refractivity contribution is 5.78. The second-order valence-corrected chi connectivity index (χ2v) is 4.58. The SMILES string of the molecule is CN(CC(F)F)C(=O)C1CCCC(CN)C1. The van der Waals surface area contributed by atoms with E-state index in [1.807, 2.05) is 0 Å². The van der Waals surface area contributed by atoms with Gasteiger partial charge in [0.05, 0.1) is 6.54 Å². The summed E-state index contributed by atoms with van der Waals surface area (Å²) in [6.45, 7) is 0.116. The van der Waals surface area contributed by atoms with Crippen LogP contribution in [0.25, 0.3) is 0 Å². The van der Waals surface area contributed by atoms with Crippen molar-refractivity contribution >= 4 is 5.91 Å². The van der Waals surface area contributed by atoms with Gasteiger partial charge in [0, 0.05) is 13.0 Å². The lowest BCUT2D eigenvalue weighted by atomic mass is 9.81. The largest absolute Gasteiger partial charge is 0.340 e. The van der Waals surface area contributed by atoms with Gasteiger partial charge in [-0.3, -0.25) is 4.79 Å². The van der Waals surface area contributed by atoms with Crippen LogP contribution in [0.1, 0.15) is 25.7 Å². The van der Waals surface area contributed by atoms with E-state index in [0.29, 0.717) is 12.5 Å². The van der Waals surface area contributed by atoms with Crippen molar-refractivity contribution < 1.29 is 13.6 Å². The first kappa shape index (κ1) is 13.4. The summed E-state index contributed by atoms with van der Waals surface area (Å²) in [4.78, 5) is 13.0. The third kappa shape index (κ3) is 3.70. The van der Waals surface area contributed by atoms with Crippen molar-refractivity contribution in [3.05, 3.63) is 0 Å². The Morgan fingerprint density at radius 2 is 2.19 bits per heavy atom. The van der Waals surface area contributed by atoms with Gasteiger partial charge in [-0.15, -0.1) is 0 Å². The zero-order valence-electron chi connectivity index (χ0n) is 9.66. The van der Waals surface area contributed by atoms with Crippen LogP contribution in [-0.4, -0.2) is 37.4 Å². The zero-order valence-corrected chi connectivity index (χ0v) is 9.66. The number of amides is 1. The fourth-order valence-electron chi connectivity index (χ4n) is 2.34. The molecular weight excluding hydrogens is 214 g/mol. The molecule has 2 unspecified atom stereocenters. The molecule has 5 heteroatoms. The maximum Gasteiger partial charge on any atom is 0.255 e. The second kappa shape index (κ2) is 6.13. The number of nitrogens with two attached hydrogens (primary N) is 1. The van der Waals surface area contributed by atoms with Crippen LogP contribution in [0.3, 0.4) is 0 Å². The molecule has 94 valence electrons. The monoisotopic (exact) mass is 234 g/mol. The zero-order chi connectivity index (χ0) is 12.1. The highest BCUT2D eigenvalue weighted by Gasteiger charge is 2.29. The first-order valence-electron chi connectivity index (χ1n) is 5.77. The summed E-state index contributed by atoms with van der Waals surface area (Å²) in [5.41, 5.74) is 5.58. The van der Waals surface area contributed by atoms with Crippen molar-refractivity contribution in [1.82, 2.24) is 4.90 Å². The van der Waals surface area contributed by atoms with Crippen LogP contribution < -0.4 is 5.73 Å². The Hall–Kier alpha value is -0.710. The van der Waals surface area contributed by atoms with Crippen molar-refractivity contribution in [1.29, 1.82) is 0 Å². The van der Waals surface area contributed by atoms with Gasteiger partial charge >= 0.3 is 0 Å². The van der Waals surface area contributed by atoms with Crippen LogP contribution in [0.5, 0.6) is 0 Å². The molecule has 3 nitrogen and oxygen atoms in total. The number of rotatable bonds is 4. The molecule has 1 saturated carbocycles. The molecule has 0 radical (unpaired) electrons.